The van der Waals surface area contributed by atoms with Gasteiger partial charge in [0.05, 0.1) is 7.11 Å². The molecule has 0 N–H and O–H groups in total. The third-order valence-corrected chi connectivity index (χ3v) is 3.07. The average molecular weight is 241 g/mol. The standard InChI is InChI=1S/C16H19NO/c1-3-4-7-13-8-5-6-9-15(13)14-10-11-16(18-2)17-12-14/h5-6,8-12H,3-4,7H2,1-2H3. The zero-order valence-electron chi connectivity index (χ0n) is 11.0. The molecule has 0 saturated heterocycles. The van der Waals surface area contributed by atoms with Gasteiger partial charge in [0.15, 0.2) is 0 Å². The molecule has 0 saturated carbocycles. The largest absolute Gasteiger partial charge is 0.481 e. The van der Waals surface area contributed by atoms with E-state index < -0.39 is 0 Å². The van der Waals surface area contributed by atoms with E-state index in [2.05, 4.69) is 42.2 Å². The summed E-state index contributed by atoms with van der Waals surface area (Å²) in [6.45, 7) is 2.22. The lowest BCUT2D eigenvalue weighted by Crippen LogP contribution is -1.92. The molecular weight excluding hydrogens is 222 g/mol. The summed E-state index contributed by atoms with van der Waals surface area (Å²) >= 11 is 0. The minimum atomic E-state index is 0.657. The molecule has 1 aromatic heterocycles. The molecule has 0 fully saturated rings. The molecule has 18 heavy (non-hydrogen) atoms. The van der Waals surface area contributed by atoms with Crippen molar-refractivity contribution in [3.63, 3.8) is 0 Å². The van der Waals surface area contributed by atoms with Crippen LogP contribution in [0.1, 0.15) is 25.3 Å². The quantitative estimate of drug-likeness (QED) is 0.786. The number of nitrogens with zero attached hydrogens (tertiary/aromatic N) is 1. The Morgan fingerprint density at radius 1 is 1.11 bits per heavy atom. The number of pyridine rings is 1. The topological polar surface area (TPSA) is 22.1 Å². The maximum absolute atomic E-state index is 5.09. The summed E-state index contributed by atoms with van der Waals surface area (Å²) in [5.41, 5.74) is 3.83. The first-order chi connectivity index (χ1) is 8.85. The molecule has 2 aromatic rings. The summed E-state index contributed by atoms with van der Waals surface area (Å²) in [6, 6.07) is 12.5. The molecule has 2 heteroatoms. The van der Waals surface area contributed by atoms with Gasteiger partial charge in [-0.3, -0.25) is 0 Å². The van der Waals surface area contributed by atoms with Gasteiger partial charge in [-0.2, -0.15) is 0 Å². The Morgan fingerprint density at radius 2 is 1.94 bits per heavy atom. The average Bonchev–Trinajstić information content (AvgIpc) is 2.45. The molecule has 1 aromatic carbocycles. The smallest absolute Gasteiger partial charge is 0.212 e. The van der Waals surface area contributed by atoms with Gasteiger partial charge in [-0.15, -0.1) is 0 Å². The van der Waals surface area contributed by atoms with Crippen LogP contribution < -0.4 is 4.74 Å². The predicted octanol–water partition coefficient (Wildman–Crippen LogP) is 4.10. The van der Waals surface area contributed by atoms with Gasteiger partial charge in [-0.1, -0.05) is 37.6 Å². The van der Waals surface area contributed by atoms with Gasteiger partial charge in [0.1, 0.15) is 0 Å². The molecule has 0 bridgehead atoms. The van der Waals surface area contributed by atoms with E-state index >= 15 is 0 Å². The van der Waals surface area contributed by atoms with Gasteiger partial charge in [-0.05, 0) is 30.0 Å². The molecule has 94 valence electrons. The molecule has 0 amide bonds. The highest BCUT2D eigenvalue weighted by molar-refractivity contribution is 5.66. The first-order valence-electron chi connectivity index (χ1n) is 6.43. The number of hydrogen-bond donors (Lipinski definition) is 0. The monoisotopic (exact) mass is 241 g/mol. The molecule has 0 unspecified atom stereocenters. The van der Waals surface area contributed by atoms with Gasteiger partial charge < -0.3 is 4.74 Å². The second-order valence-electron chi connectivity index (χ2n) is 4.35. The molecule has 0 aliphatic carbocycles. The second kappa shape index (κ2) is 6.20. The Hall–Kier alpha value is -1.83. The maximum atomic E-state index is 5.09. The van der Waals surface area contributed by atoms with Crippen LogP contribution in [0.15, 0.2) is 42.6 Å². The van der Waals surface area contributed by atoms with Crippen LogP contribution in [-0.2, 0) is 6.42 Å². The highest BCUT2D eigenvalue weighted by Gasteiger charge is 2.04. The summed E-state index contributed by atoms with van der Waals surface area (Å²) < 4.78 is 5.09. The molecular formula is C16H19NO. The van der Waals surface area contributed by atoms with E-state index in [-0.39, 0.29) is 0 Å². The maximum Gasteiger partial charge on any atom is 0.212 e. The van der Waals surface area contributed by atoms with Crippen LogP contribution in [0.25, 0.3) is 11.1 Å². The molecule has 0 aliphatic rings. The van der Waals surface area contributed by atoms with Crippen LogP contribution in [0.2, 0.25) is 0 Å². The third-order valence-electron chi connectivity index (χ3n) is 3.07. The number of aryl methyl sites for hydroxylation is 1. The number of rotatable bonds is 5. The SMILES string of the molecule is CCCCc1ccccc1-c1ccc(OC)nc1. The van der Waals surface area contributed by atoms with Crippen molar-refractivity contribution in [2.24, 2.45) is 0 Å². The van der Waals surface area contributed by atoms with Crippen molar-refractivity contribution in [3.8, 4) is 17.0 Å². The fraction of sp³-hybridized carbons (Fsp3) is 0.312. The van der Waals surface area contributed by atoms with Gasteiger partial charge in [-0.25, -0.2) is 4.98 Å². The minimum absolute atomic E-state index is 0.657. The van der Waals surface area contributed by atoms with E-state index in [4.69, 9.17) is 4.74 Å². The number of ether oxygens (including phenoxy) is 1. The van der Waals surface area contributed by atoms with Crippen molar-refractivity contribution < 1.29 is 4.74 Å². The summed E-state index contributed by atoms with van der Waals surface area (Å²) in [5, 5.41) is 0. The van der Waals surface area contributed by atoms with E-state index in [1.807, 2.05) is 12.3 Å². The van der Waals surface area contributed by atoms with Gasteiger partial charge in [0.25, 0.3) is 0 Å². The molecule has 1 heterocycles. The van der Waals surface area contributed by atoms with Crippen LogP contribution >= 0.6 is 0 Å². The third kappa shape index (κ3) is 2.89. The summed E-state index contributed by atoms with van der Waals surface area (Å²) in [5.74, 6) is 0.657. The Balaban J connectivity index is 2.30. The Kier molecular flexibility index (Phi) is 4.35. The normalized spacial score (nSPS) is 10.3. The van der Waals surface area contributed by atoms with Gasteiger partial charge in [0.2, 0.25) is 5.88 Å². The van der Waals surface area contributed by atoms with Crippen LogP contribution in [0, 0.1) is 0 Å². The van der Waals surface area contributed by atoms with Crippen molar-refractivity contribution in [3.05, 3.63) is 48.2 Å². The van der Waals surface area contributed by atoms with E-state index in [9.17, 15) is 0 Å². The highest BCUT2D eigenvalue weighted by Crippen LogP contribution is 2.25. The summed E-state index contributed by atoms with van der Waals surface area (Å²) in [6.07, 6.45) is 5.44. The lowest BCUT2D eigenvalue weighted by atomic mass is 9.97. The molecule has 0 radical (unpaired) electrons. The molecule has 0 spiro atoms. The lowest BCUT2D eigenvalue weighted by molar-refractivity contribution is 0.398. The van der Waals surface area contributed by atoms with Crippen molar-refractivity contribution in [2.45, 2.75) is 26.2 Å². The number of methoxy groups -OCH3 is 1. The van der Waals surface area contributed by atoms with Crippen LogP contribution in [0.5, 0.6) is 5.88 Å². The van der Waals surface area contributed by atoms with Crippen LogP contribution in [0.4, 0.5) is 0 Å². The van der Waals surface area contributed by atoms with Gasteiger partial charge in [0, 0.05) is 17.8 Å². The summed E-state index contributed by atoms with van der Waals surface area (Å²) in [7, 11) is 1.64. The fourth-order valence-corrected chi connectivity index (χ4v) is 2.05. The summed E-state index contributed by atoms with van der Waals surface area (Å²) in [4.78, 5) is 4.27. The number of benzene rings is 1. The Morgan fingerprint density at radius 3 is 2.61 bits per heavy atom. The number of aromatic nitrogens is 1. The van der Waals surface area contributed by atoms with Crippen molar-refractivity contribution >= 4 is 0 Å². The lowest BCUT2D eigenvalue weighted by Gasteiger charge is -2.09. The number of unbranched alkanes of at least 4 members (excludes halogenated alkanes) is 1. The second-order valence-corrected chi connectivity index (χ2v) is 4.35. The molecule has 2 rings (SSSR count). The van der Waals surface area contributed by atoms with Crippen LogP contribution in [-0.4, -0.2) is 12.1 Å². The van der Waals surface area contributed by atoms with Crippen molar-refractivity contribution in [1.29, 1.82) is 0 Å². The Bertz CT molecular complexity index is 491. The zero-order chi connectivity index (χ0) is 12.8. The van der Waals surface area contributed by atoms with E-state index in [0.29, 0.717) is 5.88 Å². The van der Waals surface area contributed by atoms with Gasteiger partial charge >= 0.3 is 0 Å². The zero-order valence-corrected chi connectivity index (χ0v) is 11.0. The predicted molar refractivity (Wildman–Crippen MR) is 74.8 cm³/mol. The molecule has 0 aliphatic heterocycles. The molecule has 2 nitrogen and oxygen atoms in total. The van der Waals surface area contributed by atoms with E-state index in [0.717, 1.165) is 12.0 Å². The molecule has 0 atom stereocenters. The van der Waals surface area contributed by atoms with E-state index in [1.54, 1.807) is 7.11 Å². The van der Waals surface area contributed by atoms with Crippen molar-refractivity contribution in [1.82, 2.24) is 4.98 Å². The fourth-order valence-electron chi connectivity index (χ4n) is 2.05. The first kappa shape index (κ1) is 12.6. The van der Waals surface area contributed by atoms with E-state index in [1.165, 1.54) is 24.0 Å². The van der Waals surface area contributed by atoms with Crippen molar-refractivity contribution in [2.75, 3.05) is 7.11 Å². The minimum Gasteiger partial charge on any atom is -0.481 e. The number of hydrogen-bond acceptors (Lipinski definition) is 2. The Labute approximate surface area is 109 Å². The first-order valence-corrected chi connectivity index (χ1v) is 6.43. The highest BCUT2D eigenvalue weighted by atomic mass is 16.5. The van der Waals surface area contributed by atoms with Crippen LogP contribution in [0.3, 0.4) is 0 Å².